The Balaban J connectivity index is 2.27. The van der Waals surface area contributed by atoms with Gasteiger partial charge in [-0.3, -0.25) is 0 Å². The van der Waals surface area contributed by atoms with Crippen molar-refractivity contribution in [2.45, 2.75) is 38.0 Å². The van der Waals surface area contributed by atoms with Gasteiger partial charge in [0.05, 0.1) is 0 Å². The topological polar surface area (TPSA) is 0 Å². The number of benzene rings is 1. The van der Waals surface area contributed by atoms with Gasteiger partial charge in [-0.15, -0.1) is 0 Å². The minimum atomic E-state index is 0.763. The van der Waals surface area contributed by atoms with E-state index in [1.807, 2.05) is 0 Å². The van der Waals surface area contributed by atoms with E-state index in [0.717, 1.165) is 19.3 Å². The Morgan fingerprint density at radius 3 is 1.93 bits per heavy atom. The molecule has 0 N–H and O–H groups in total. The van der Waals surface area contributed by atoms with Crippen LogP contribution in [0.3, 0.4) is 0 Å². The maximum Gasteiger partial charge on any atom is 0.0459 e. The third-order valence-electron chi connectivity index (χ3n) is 3.08. The molecule has 0 nitrogen and oxygen atoms in total. The van der Waals surface area contributed by atoms with Gasteiger partial charge in [0.2, 0.25) is 0 Å². The van der Waals surface area contributed by atoms with E-state index in [2.05, 4.69) is 59.9 Å². The fraction of sp³-hybridized carbons (Fsp3) is 0.500. The van der Waals surface area contributed by atoms with Crippen molar-refractivity contribution < 1.29 is 0 Å². The lowest BCUT2D eigenvalue weighted by Gasteiger charge is -2.22. The molecule has 1 saturated carbocycles. The fourth-order valence-corrected chi connectivity index (χ4v) is 3.70. The van der Waals surface area contributed by atoms with Crippen molar-refractivity contribution in [1.82, 2.24) is 0 Å². The van der Waals surface area contributed by atoms with Gasteiger partial charge >= 0.3 is 0 Å². The molecule has 0 aromatic heterocycles. The minimum absolute atomic E-state index is 0.763. The Bertz CT molecular complexity index is 331. The summed E-state index contributed by atoms with van der Waals surface area (Å²) >= 11 is 10.7. The monoisotopic (exact) mass is 394 g/mol. The molecule has 0 amide bonds. The molecule has 0 atom stereocenters. The van der Waals surface area contributed by atoms with Crippen molar-refractivity contribution >= 4 is 47.8 Å². The van der Waals surface area contributed by atoms with Crippen LogP contribution in [0.2, 0.25) is 0 Å². The predicted molar refractivity (Wildman–Crippen MR) is 75.4 cm³/mol. The van der Waals surface area contributed by atoms with Crippen molar-refractivity contribution in [2.24, 2.45) is 0 Å². The molecule has 2 rings (SSSR count). The first-order chi connectivity index (χ1) is 7.18. The summed E-state index contributed by atoms with van der Waals surface area (Å²) < 4.78 is 3.41. The van der Waals surface area contributed by atoms with Crippen molar-refractivity contribution in [3.63, 3.8) is 0 Å². The van der Waals surface area contributed by atoms with Crippen molar-refractivity contribution in [1.29, 1.82) is 0 Å². The second-order valence-electron chi connectivity index (χ2n) is 4.13. The van der Waals surface area contributed by atoms with Crippen LogP contribution in [0.15, 0.2) is 25.6 Å². The van der Waals surface area contributed by atoms with E-state index >= 15 is 0 Å². The highest BCUT2D eigenvalue weighted by Gasteiger charge is 2.17. The Labute approximate surface area is 116 Å². The molecule has 1 fully saturated rings. The fourth-order valence-electron chi connectivity index (χ4n) is 2.25. The summed E-state index contributed by atoms with van der Waals surface area (Å²) in [4.78, 5) is 0. The lowest BCUT2D eigenvalue weighted by molar-refractivity contribution is 0.443. The standard InChI is InChI=1S/C12H13Br3/c13-10-6-9(7-11(14)12(10)15)8-4-2-1-3-5-8/h6-8H,1-5H2. The molecule has 0 heterocycles. The first kappa shape index (κ1) is 12.1. The summed E-state index contributed by atoms with van der Waals surface area (Å²) in [6, 6.07) is 4.51. The molecule has 0 bridgehead atoms. The van der Waals surface area contributed by atoms with Crippen molar-refractivity contribution in [3.05, 3.63) is 31.1 Å². The summed E-state index contributed by atoms with van der Waals surface area (Å²) in [5.41, 5.74) is 1.47. The van der Waals surface area contributed by atoms with E-state index in [-0.39, 0.29) is 0 Å². The van der Waals surface area contributed by atoms with Gasteiger partial charge in [-0.25, -0.2) is 0 Å². The summed E-state index contributed by atoms with van der Waals surface area (Å²) in [7, 11) is 0. The minimum Gasteiger partial charge on any atom is -0.0533 e. The molecule has 1 aromatic rings. The smallest absolute Gasteiger partial charge is 0.0459 e. The lowest BCUT2D eigenvalue weighted by Crippen LogP contribution is -2.04. The van der Waals surface area contributed by atoms with E-state index in [1.54, 1.807) is 0 Å². The van der Waals surface area contributed by atoms with E-state index in [4.69, 9.17) is 0 Å². The molecule has 0 spiro atoms. The summed E-state index contributed by atoms with van der Waals surface area (Å²) in [6.45, 7) is 0. The maximum absolute atomic E-state index is 3.59. The third-order valence-corrected chi connectivity index (χ3v) is 6.25. The van der Waals surface area contributed by atoms with Gasteiger partial charge in [0.1, 0.15) is 0 Å². The maximum atomic E-state index is 3.59. The van der Waals surface area contributed by atoms with Crippen LogP contribution in [0.25, 0.3) is 0 Å². The first-order valence-corrected chi connectivity index (χ1v) is 7.71. The molecular formula is C12H13Br3. The summed E-state index contributed by atoms with van der Waals surface area (Å²) in [5, 5.41) is 0. The van der Waals surface area contributed by atoms with Gasteiger partial charge in [-0.05, 0) is 84.2 Å². The molecule has 0 saturated heterocycles. The van der Waals surface area contributed by atoms with Gasteiger partial charge in [0.15, 0.2) is 0 Å². The van der Waals surface area contributed by atoms with Gasteiger partial charge in [0.25, 0.3) is 0 Å². The Kier molecular flexibility index (Phi) is 4.31. The number of halogens is 3. The van der Waals surface area contributed by atoms with Gasteiger partial charge in [0, 0.05) is 13.4 Å². The molecular weight excluding hydrogens is 384 g/mol. The SMILES string of the molecule is Brc1cc(C2CCCCC2)cc(Br)c1Br. The van der Waals surface area contributed by atoms with Crippen LogP contribution in [-0.2, 0) is 0 Å². The van der Waals surface area contributed by atoms with Crippen LogP contribution in [0.5, 0.6) is 0 Å². The summed E-state index contributed by atoms with van der Waals surface area (Å²) in [5.74, 6) is 0.763. The van der Waals surface area contributed by atoms with Crippen molar-refractivity contribution in [3.8, 4) is 0 Å². The first-order valence-electron chi connectivity index (χ1n) is 5.33. The molecule has 1 aliphatic rings. The second-order valence-corrected chi connectivity index (χ2v) is 6.64. The van der Waals surface area contributed by atoms with Gasteiger partial charge in [-0.2, -0.15) is 0 Å². The highest BCUT2D eigenvalue weighted by Crippen LogP contribution is 2.38. The number of hydrogen-bond acceptors (Lipinski definition) is 0. The number of rotatable bonds is 1. The average Bonchev–Trinajstić information content (AvgIpc) is 2.26. The van der Waals surface area contributed by atoms with Gasteiger partial charge in [-0.1, -0.05) is 19.3 Å². The predicted octanol–water partition coefficient (Wildman–Crippen LogP) is 6.02. The zero-order chi connectivity index (χ0) is 10.8. The molecule has 1 aliphatic carbocycles. The molecule has 15 heavy (non-hydrogen) atoms. The zero-order valence-electron chi connectivity index (χ0n) is 8.40. The van der Waals surface area contributed by atoms with Crippen LogP contribution in [0.1, 0.15) is 43.6 Å². The number of hydrogen-bond donors (Lipinski definition) is 0. The molecule has 3 heteroatoms. The van der Waals surface area contributed by atoms with Crippen molar-refractivity contribution in [2.75, 3.05) is 0 Å². The van der Waals surface area contributed by atoms with Crippen LogP contribution in [0, 0.1) is 0 Å². The Morgan fingerprint density at radius 2 is 1.40 bits per heavy atom. The Hall–Kier alpha value is 0.660. The quantitative estimate of drug-likeness (QED) is 0.509. The highest BCUT2D eigenvalue weighted by atomic mass is 79.9. The van der Waals surface area contributed by atoms with Crippen LogP contribution >= 0.6 is 47.8 Å². The molecule has 0 unspecified atom stereocenters. The van der Waals surface area contributed by atoms with Crippen LogP contribution in [-0.4, -0.2) is 0 Å². The molecule has 1 aromatic carbocycles. The molecule has 0 radical (unpaired) electrons. The largest absolute Gasteiger partial charge is 0.0533 e. The third kappa shape index (κ3) is 2.86. The van der Waals surface area contributed by atoms with Crippen LogP contribution in [0.4, 0.5) is 0 Å². The lowest BCUT2D eigenvalue weighted by atomic mass is 9.84. The van der Waals surface area contributed by atoms with E-state index in [0.29, 0.717) is 0 Å². The van der Waals surface area contributed by atoms with E-state index in [1.165, 1.54) is 37.7 Å². The molecule has 82 valence electrons. The summed E-state index contributed by atoms with van der Waals surface area (Å²) in [6.07, 6.45) is 6.88. The van der Waals surface area contributed by atoms with E-state index < -0.39 is 0 Å². The Morgan fingerprint density at radius 1 is 0.867 bits per heavy atom. The van der Waals surface area contributed by atoms with Gasteiger partial charge < -0.3 is 0 Å². The highest BCUT2D eigenvalue weighted by molar-refractivity contribution is 9.14. The second kappa shape index (κ2) is 5.33. The van der Waals surface area contributed by atoms with E-state index in [9.17, 15) is 0 Å². The van der Waals surface area contributed by atoms with Crippen LogP contribution < -0.4 is 0 Å². The normalized spacial score (nSPS) is 18.1. The average molecular weight is 397 g/mol. The zero-order valence-corrected chi connectivity index (χ0v) is 13.2. The molecule has 0 aliphatic heterocycles.